The summed E-state index contributed by atoms with van der Waals surface area (Å²) in [6, 6.07) is 7.72. The highest BCUT2D eigenvalue weighted by Gasteiger charge is 2.51. The van der Waals surface area contributed by atoms with Crippen LogP contribution in [0, 0.1) is 11.3 Å². The minimum absolute atomic E-state index is 0.0552. The van der Waals surface area contributed by atoms with Crippen molar-refractivity contribution in [3.05, 3.63) is 29.8 Å². The summed E-state index contributed by atoms with van der Waals surface area (Å²) in [5.41, 5.74) is -0.211. The standard InChI is InChI=1S/C13H14N2O4S/c14-8-1-9-15-20(18,19)11-4-2-10(3-5-11)13(6-7-13)12(16)17/h2-5,15H,1,6-7,9H2,(H,16,17). The smallest absolute Gasteiger partial charge is 0.314 e. The lowest BCUT2D eigenvalue weighted by molar-refractivity contribution is -0.140. The van der Waals surface area contributed by atoms with Gasteiger partial charge in [-0.2, -0.15) is 5.26 Å². The first-order chi connectivity index (χ1) is 9.42. The highest BCUT2D eigenvalue weighted by Crippen LogP contribution is 2.48. The van der Waals surface area contributed by atoms with Crippen molar-refractivity contribution < 1.29 is 18.3 Å². The van der Waals surface area contributed by atoms with E-state index in [1.807, 2.05) is 6.07 Å². The normalized spacial score (nSPS) is 16.4. The van der Waals surface area contributed by atoms with E-state index in [0.717, 1.165) is 0 Å². The molecule has 0 atom stereocenters. The number of hydrogen-bond acceptors (Lipinski definition) is 4. The Hall–Kier alpha value is -1.91. The lowest BCUT2D eigenvalue weighted by Gasteiger charge is -2.11. The first-order valence-corrected chi connectivity index (χ1v) is 7.61. The lowest BCUT2D eigenvalue weighted by Crippen LogP contribution is -2.25. The number of aliphatic carboxylic acids is 1. The quantitative estimate of drug-likeness (QED) is 0.761. The molecule has 0 radical (unpaired) electrons. The molecule has 0 bridgehead atoms. The van der Waals surface area contributed by atoms with Crippen molar-refractivity contribution in [2.45, 2.75) is 29.6 Å². The van der Waals surface area contributed by atoms with Crippen LogP contribution in [0.5, 0.6) is 0 Å². The van der Waals surface area contributed by atoms with Crippen molar-refractivity contribution >= 4 is 16.0 Å². The fourth-order valence-electron chi connectivity index (χ4n) is 2.03. The zero-order valence-electron chi connectivity index (χ0n) is 10.7. The van der Waals surface area contributed by atoms with Crippen molar-refractivity contribution in [2.24, 2.45) is 0 Å². The van der Waals surface area contributed by atoms with E-state index in [1.165, 1.54) is 12.1 Å². The van der Waals surface area contributed by atoms with Gasteiger partial charge in [-0.1, -0.05) is 12.1 Å². The second-order valence-corrected chi connectivity index (χ2v) is 6.48. The molecule has 20 heavy (non-hydrogen) atoms. The molecular weight excluding hydrogens is 280 g/mol. The van der Waals surface area contributed by atoms with E-state index in [-0.39, 0.29) is 17.9 Å². The molecule has 7 heteroatoms. The number of nitriles is 1. The largest absolute Gasteiger partial charge is 0.481 e. The fourth-order valence-corrected chi connectivity index (χ4v) is 3.06. The summed E-state index contributed by atoms with van der Waals surface area (Å²) in [5.74, 6) is -0.875. The van der Waals surface area contributed by atoms with Gasteiger partial charge in [-0.05, 0) is 30.5 Å². The molecule has 1 fully saturated rings. The molecule has 6 nitrogen and oxygen atoms in total. The number of carbonyl (C=O) groups is 1. The predicted molar refractivity (Wildman–Crippen MR) is 70.4 cm³/mol. The third-order valence-corrected chi connectivity index (χ3v) is 4.88. The van der Waals surface area contributed by atoms with Crippen LogP contribution in [0.15, 0.2) is 29.2 Å². The van der Waals surface area contributed by atoms with E-state index in [0.29, 0.717) is 18.4 Å². The van der Waals surface area contributed by atoms with Gasteiger partial charge in [-0.15, -0.1) is 0 Å². The van der Waals surface area contributed by atoms with Crippen LogP contribution in [-0.4, -0.2) is 26.0 Å². The van der Waals surface area contributed by atoms with Crippen LogP contribution in [0.25, 0.3) is 0 Å². The number of carboxylic acids is 1. The lowest BCUT2D eigenvalue weighted by atomic mass is 9.96. The number of sulfonamides is 1. The predicted octanol–water partition coefficient (Wildman–Crippen LogP) is 0.995. The fraction of sp³-hybridized carbons (Fsp3) is 0.385. The minimum Gasteiger partial charge on any atom is -0.481 e. The molecular formula is C13H14N2O4S. The van der Waals surface area contributed by atoms with Gasteiger partial charge in [0.1, 0.15) is 0 Å². The van der Waals surface area contributed by atoms with E-state index >= 15 is 0 Å². The summed E-state index contributed by atoms with van der Waals surface area (Å²) in [4.78, 5) is 11.2. The zero-order valence-corrected chi connectivity index (χ0v) is 11.5. The number of nitrogens with zero attached hydrogens (tertiary/aromatic N) is 1. The van der Waals surface area contributed by atoms with Crippen LogP contribution in [0.3, 0.4) is 0 Å². The molecule has 1 aliphatic rings. The first kappa shape index (κ1) is 14.5. The van der Waals surface area contributed by atoms with Crippen LogP contribution in [0.1, 0.15) is 24.8 Å². The van der Waals surface area contributed by atoms with Crippen molar-refractivity contribution in [3.8, 4) is 6.07 Å². The van der Waals surface area contributed by atoms with Crippen molar-refractivity contribution in [1.29, 1.82) is 5.26 Å². The monoisotopic (exact) mass is 294 g/mol. The molecule has 0 aromatic heterocycles. The Morgan fingerprint density at radius 2 is 1.95 bits per heavy atom. The van der Waals surface area contributed by atoms with Crippen LogP contribution >= 0.6 is 0 Å². The summed E-state index contributed by atoms with van der Waals surface area (Å²) >= 11 is 0. The zero-order chi connectivity index (χ0) is 14.8. The van der Waals surface area contributed by atoms with E-state index in [2.05, 4.69) is 4.72 Å². The van der Waals surface area contributed by atoms with Crippen molar-refractivity contribution in [1.82, 2.24) is 4.72 Å². The van der Waals surface area contributed by atoms with Gasteiger partial charge in [0, 0.05) is 13.0 Å². The average molecular weight is 294 g/mol. The van der Waals surface area contributed by atoms with E-state index < -0.39 is 21.4 Å². The van der Waals surface area contributed by atoms with Gasteiger partial charge in [-0.3, -0.25) is 4.79 Å². The molecule has 1 saturated carbocycles. The molecule has 0 unspecified atom stereocenters. The molecule has 2 N–H and O–H groups in total. The Morgan fingerprint density at radius 1 is 1.35 bits per heavy atom. The topological polar surface area (TPSA) is 107 Å². The van der Waals surface area contributed by atoms with Crippen LogP contribution < -0.4 is 4.72 Å². The highest BCUT2D eigenvalue weighted by atomic mass is 32.2. The average Bonchev–Trinajstić information content (AvgIpc) is 3.20. The van der Waals surface area contributed by atoms with Gasteiger partial charge in [0.25, 0.3) is 0 Å². The number of hydrogen-bond donors (Lipinski definition) is 2. The molecule has 0 aliphatic heterocycles. The SMILES string of the molecule is N#CCCNS(=O)(=O)c1ccc(C2(C(=O)O)CC2)cc1. The van der Waals surface area contributed by atoms with Gasteiger partial charge in [-0.25, -0.2) is 13.1 Å². The second-order valence-electron chi connectivity index (χ2n) is 4.72. The summed E-state index contributed by atoms with van der Waals surface area (Å²) < 4.78 is 26.1. The maximum atomic E-state index is 11.9. The van der Waals surface area contributed by atoms with Crippen LogP contribution in [0.2, 0.25) is 0 Å². The summed E-state index contributed by atoms with van der Waals surface area (Å²) in [7, 11) is -3.64. The molecule has 0 heterocycles. The van der Waals surface area contributed by atoms with E-state index in [9.17, 15) is 13.2 Å². The van der Waals surface area contributed by atoms with Gasteiger partial charge in [0.15, 0.2) is 0 Å². The Bertz CT molecular complexity index is 655. The molecule has 1 aliphatic carbocycles. The maximum absolute atomic E-state index is 11.9. The number of carboxylic acid groups (broad SMARTS) is 1. The highest BCUT2D eigenvalue weighted by molar-refractivity contribution is 7.89. The summed E-state index contributed by atoms with van der Waals surface area (Å²) in [5, 5.41) is 17.5. The number of nitrogens with one attached hydrogen (secondary N) is 1. The van der Waals surface area contributed by atoms with Gasteiger partial charge in [0.2, 0.25) is 10.0 Å². The molecule has 0 saturated heterocycles. The van der Waals surface area contributed by atoms with Crippen LogP contribution in [-0.2, 0) is 20.2 Å². The Balaban J connectivity index is 2.17. The molecule has 106 valence electrons. The third kappa shape index (κ3) is 2.66. The van der Waals surface area contributed by atoms with E-state index in [1.54, 1.807) is 12.1 Å². The van der Waals surface area contributed by atoms with Gasteiger partial charge >= 0.3 is 5.97 Å². The molecule has 1 aromatic rings. The van der Waals surface area contributed by atoms with Crippen molar-refractivity contribution in [2.75, 3.05) is 6.54 Å². The Labute approximate surface area is 117 Å². The molecule has 2 rings (SSSR count). The maximum Gasteiger partial charge on any atom is 0.314 e. The van der Waals surface area contributed by atoms with Crippen LogP contribution in [0.4, 0.5) is 0 Å². The van der Waals surface area contributed by atoms with Gasteiger partial charge < -0.3 is 5.11 Å². The molecule has 1 aromatic carbocycles. The Morgan fingerprint density at radius 3 is 2.40 bits per heavy atom. The third-order valence-electron chi connectivity index (χ3n) is 3.41. The Kier molecular flexibility index (Phi) is 3.79. The summed E-state index contributed by atoms with van der Waals surface area (Å²) in [6.07, 6.45) is 1.25. The summed E-state index contributed by atoms with van der Waals surface area (Å²) in [6.45, 7) is 0.0552. The second kappa shape index (κ2) is 5.23. The minimum atomic E-state index is -3.64. The number of rotatable bonds is 6. The molecule has 0 spiro atoms. The first-order valence-electron chi connectivity index (χ1n) is 6.13. The molecule has 0 amide bonds. The number of benzene rings is 1. The van der Waals surface area contributed by atoms with Gasteiger partial charge in [0.05, 0.1) is 16.4 Å². The van der Waals surface area contributed by atoms with Crippen molar-refractivity contribution in [3.63, 3.8) is 0 Å². The van der Waals surface area contributed by atoms with E-state index in [4.69, 9.17) is 10.4 Å².